The molecule has 1 aliphatic rings. The summed E-state index contributed by atoms with van der Waals surface area (Å²) in [5, 5.41) is 32.4. The van der Waals surface area contributed by atoms with Crippen LogP contribution in [-0.2, 0) is 16.0 Å². The summed E-state index contributed by atoms with van der Waals surface area (Å²) in [6.07, 6.45) is 1.51. The predicted molar refractivity (Wildman–Crippen MR) is 94.2 cm³/mol. The Bertz CT molecular complexity index is 915. The average Bonchev–Trinajstić information content (AvgIpc) is 2.99. The number of benzene rings is 1. The lowest BCUT2D eigenvalue weighted by Crippen LogP contribution is -2.51. The number of aliphatic carboxylic acids is 2. The van der Waals surface area contributed by atoms with Crippen molar-refractivity contribution in [2.24, 2.45) is 0 Å². The summed E-state index contributed by atoms with van der Waals surface area (Å²) in [6, 6.07) is 4.64. The number of aliphatic hydroxyl groups is 1. The number of ether oxygens (including phenoxy) is 1. The number of nitrogens with zero attached hydrogens (tertiary/aromatic N) is 1. The van der Waals surface area contributed by atoms with E-state index in [4.69, 9.17) is 9.84 Å². The molecule has 0 saturated heterocycles. The Balaban J connectivity index is 2.08. The van der Waals surface area contributed by atoms with Crippen LogP contribution in [0.1, 0.15) is 44.0 Å². The molecule has 2 N–H and O–H groups in total. The second kappa shape index (κ2) is 6.81. The van der Waals surface area contributed by atoms with Crippen LogP contribution < -0.4 is 14.4 Å². The summed E-state index contributed by atoms with van der Waals surface area (Å²) in [5.74, 6) is -1.76. The van der Waals surface area contributed by atoms with E-state index in [9.17, 15) is 19.8 Å². The quantitative estimate of drug-likeness (QED) is 0.720. The summed E-state index contributed by atoms with van der Waals surface area (Å²) < 4.78 is 7.53. The normalized spacial score (nSPS) is 17.4. The van der Waals surface area contributed by atoms with Crippen LogP contribution in [0, 0.1) is 6.92 Å². The number of fused-ring (bicyclic) bond motifs is 3. The zero-order valence-corrected chi connectivity index (χ0v) is 15.6. The molecule has 144 valence electrons. The number of carbonyl (C=O) groups excluding carboxylic acids is 1. The van der Waals surface area contributed by atoms with Crippen molar-refractivity contribution in [2.75, 3.05) is 0 Å². The fourth-order valence-corrected chi connectivity index (χ4v) is 3.50. The molecule has 0 amide bonds. The predicted octanol–water partition coefficient (Wildman–Crippen LogP) is 0.666. The summed E-state index contributed by atoms with van der Waals surface area (Å²) in [6.45, 7) is 5.14. The highest BCUT2D eigenvalue weighted by atomic mass is 16.5. The van der Waals surface area contributed by atoms with Crippen LogP contribution in [-0.4, -0.2) is 33.9 Å². The molecule has 1 aliphatic heterocycles. The van der Waals surface area contributed by atoms with Crippen LogP contribution in [0.4, 0.5) is 0 Å². The molecule has 0 bridgehead atoms. The first kappa shape index (κ1) is 19.1. The van der Waals surface area contributed by atoms with Crippen molar-refractivity contribution in [1.29, 1.82) is 0 Å². The molecular formula is C20H23NO6. The van der Waals surface area contributed by atoms with Gasteiger partial charge in [0.2, 0.25) is 0 Å². The van der Waals surface area contributed by atoms with Gasteiger partial charge in [-0.2, -0.15) is 4.57 Å². The first-order valence-corrected chi connectivity index (χ1v) is 8.87. The molecule has 3 rings (SSSR count). The molecule has 1 aromatic heterocycles. The maximum atomic E-state index is 11.6. The van der Waals surface area contributed by atoms with E-state index in [-0.39, 0.29) is 12.8 Å². The SMILES string of the molecule is Cc1cc2ccc3c(c2c[n+]1C(CCC(=O)O)C(=O)[O-])OC(C(C)(C)O)C3. The zero-order chi connectivity index (χ0) is 19.9. The van der Waals surface area contributed by atoms with Crippen LogP contribution >= 0.6 is 0 Å². The Morgan fingerprint density at radius 3 is 2.70 bits per heavy atom. The van der Waals surface area contributed by atoms with Gasteiger partial charge in [0, 0.05) is 25.8 Å². The fraction of sp³-hybridized carbons (Fsp3) is 0.450. The number of aromatic nitrogens is 1. The van der Waals surface area contributed by atoms with Crippen molar-refractivity contribution in [3.05, 3.63) is 35.7 Å². The third-order valence-corrected chi connectivity index (χ3v) is 5.04. The van der Waals surface area contributed by atoms with Crippen molar-refractivity contribution in [3.63, 3.8) is 0 Å². The molecule has 0 saturated carbocycles. The molecule has 2 unspecified atom stereocenters. The standard InChI is InChI=1S/C20H23NO6/c1-11-8-12-4-5-13-9-16(20(2,3)26)27-18(13)14(12)10-21(11)15(19(24)25)6-7-17(22)23/h4-5,8,10,15-16,26H,6-7,9H2,1-3H3,(H-,22,23,24,25). The van der Waals surface area contributed by atoms with Gasteiger partial charge in [-0.15, -0.1) is 0 Å². The topological polar surface area (TPSA) is 111 Å². The van der Waals surface area contributed by atoms with Gasteiger partial charge in [-0.1, -0.05) is 12.1 Å². The lowest BCUT2D eigenvalue weighted by Gasteiger charge is -2.24. The number of carboxylic acids is 2. The van der Waals surface area contributed by atoms with E-state index in [2.05, 4.69) is 0 Å². The van der Waals surface area contributed by atoms with Gasteiger partial charge in [-0.05, 0) is 24.8 Å². The number of carboxylic acid groups (broad SMARTS) is 2. The van der Waals surface area contributed by atoms with Crippen molar-refractivity contribution in [2.45, 2.75) is 57.8 Å². The third-order valence-electron chi connectivity index (χ3n) is 5.04. The van der Waals surface area contributed by atoms with Gasteiger partial charge in [0.25, 0.3) is 0 Å². The Morgan fingerprint density at radius 1 is 1.41 bits per heavy atom. The number of pyridine rings is 1. The van der Waals surface area contributed by atoms with E-state index in [0.29, 0.717) is 17.9 Å². The van der Waals surface area contributed by atoms with Gasteiger partial charge in [0.1, 0.15) is 17.8 Å². The second-order valence-corrected chi connectivity index (χ2v) is 7.61. The van der Waals surface area contributed by atoms with E-state index in [1.165, 1.54) is 4.57 Å². The van der Waals surface area contributed by atoms with Crippen molar-refractivity contribution in [3.8, 4) is 5.75 Å². The fourth-order valence-electron chi connectivity index (χ4n) is 3.50. The molecule has 0 fully saturated rings. The minimum atomic E-state index is -1.33. The number of rotatable bonds is 6. The lowest BCUT2D eigenvalue weighted by atomic mass is 9.96. The van der Waals surface area contributed by atoms with E-state index < -0.39 is 29.7 Å². The molecule has 7 heteroatoms. The first-order valence-electron chi connectivity index (χ1n) is 8.87. The highest BCUT2D eigenvalue weighted by Crippen LogP contribution is 2.38. The van der Waals surface area contributed by atoms with Crippen LogP contribution in [0.15, 0.2) is 24.4 Å². The van der Waals surface area contributed by atoms with Crippen molar-refractivity contribution in [1.82, 2.24) is 0 Å². The number of hydrogen-bond donors (Lipinski definition) is 2. The minimum Gasteiger partial charge on any atom is -0.543 e. The average molecular weight is 373 g/mol. The van der Waals surface area contributed by atoms with Crippen LogP contribution in [0.5, 0.6) is 5.75 Å². The molecule has 2 heterocycles. The maximum absolute atomic E-state index is 11.6. The molecule has 0 radical (unpaired) electrons. The molecule has 1 aromatic carbocycles. The van der Waals surface area contributed by atoms with E-state index in [1.54, 1.807) is 27.0 Å². The maximum Gasteiger partial charge on any atom is 0.303 e. The molecule has 0 aliphatic carbocycles. The van der Waals surface area contributed by atoms with E-state index in [1.807, 2.05) is 18.2 Å². The van der Waals surface area contributed by atoms with Gasteiger partial charge >= 0.3 is 5.97 Å². The Hall–Kier alpha value is -2.67. The first-order chi connectivity index (χ1) is 12.6. The number of hydrogen-bond acceptors (Lipinski definition) is 5. The zero-order valence-electron chi connectivity index (χ0n) is 15.6. The molecule has 27 heavy (non-hydrogen) atoms. The van der Waals surface area contributed by atoms with Crippen LogP contribution in [0.25, 0.3) is 10.8 Å². The Labute approximate surface area is 156 Å². The van der Waals surface area contributed by atoms with Gasteiger partial charge in [0.15, 0.2) is 17.9 Å². The largest absolute Gasteiger partial charge is 0.543 e. The van der Waals surface area contributed by atoms with Crippen molar-refractivity contribution < 1.29 is 34.2 Å². The Morgan fingerprint density at radius 2 is 2.11 bits per heavy atom. The minimum absolute atomic E-state index is 0.0726. The highest BCUT2D eigenvalue weighted by Gasteiger charge is 2.36. The molecule has 0 spiro atoms. The Kier molecular flexibility index (Phi) is 4.82. The van der Waals surface area contributed by atoms with Gasteiger partial charge < -0.3 is 24.9 Å². The van der Waals surface area contributed by atoms with Crippen molar-refractivity contribution >= 4 is 22.7 Å². The summed E-state index contributed by atoms with van der Waals surface area (Å²) in [5.41, 5.74) is 0.612. The summed E-state index contributed by atoms with van der Waals surface area (Å²) >= 11 is 0. The van der Waals surface area contributed by atoms with E-state index in [0.717, 1.165) is 16.3 Å². The lowest BCUT2D eigenvalue weighted by molar-refractivity contribution is -0.720. The number of carbonyl (C=O) groups is 2. The van der Waals surface area contributed by atoms with Gasteiger partial charge in [0.05, 0.1) is 17.4 Å². The smallest absolute Gasteiger partial charge is 0.303 e. The molecule has 2 aromatic rings. The van der Waals surface area contributed by atoms with E-state index >= 15 is 0 Å². The molecule has 7 nitrogen and oxygen atoms in total. The summed E-state index contributed by atoms with van der Waals surface area (Å²) in [4.78, 5) is 22.5. The third kappa shape index (κ3) is 3.73. The monoisotopic (exact) mass is 373 g/mol. The van der Waals surface area contributed by atoms with Gasteiger partial charge in [-0.25, -0.2) is 0 Å². The molecular weight excluding hydrogens is 350 g/mol. The summed E-state index contributed by atoms with van der Waals surface area (Å²) in [7, 11) is 0. The second-order valence-electron chi connectivity index (χ2n) is 7.61. The van der Waals surface area contributed by atoms with Gasteiger partial charge in [-0.3, -0.25) is 4.79 Å². The molecule has 2 atom stereocenters. The highest BCUT2D eigenvalue weighted by molar-refractivity contribution is 5.89. The van der Waals surface area contributed by atoms with Crippen LogP contribution in [0.2, 0.25) is 0 Å². The number of aryl methyl sites for hydroxylation is 1. The van der Waals surface area contributed by atoms with Crippen LogP contribution in [0.3, 0.4) is 0 Å².